The summed E-state index contributed by atoms with van der Waals surface area (Å²) in [6, 6.07) is 8.84. The van der Waals surface area contributed by atoms with E-state index >= 15 is 0 Å². The Morgan fingerprint density at radius 1 is 0.943 bits per heavy atom. The summed E-state index contributed by atoms with van der Waals surface area (Å²) in [5.74, 6) is -2.18. The average Bonchev–Trinajstić information content (AvgIpc) is 3.29. The first kappa shape index (κ1) is 22.3. The zero-order valence-electron chi connectivity index (χ0n) is 17.9. The molecular formula is C22H15F2N7O3S. The monoisotopic (exact) mass is 495 g/mol. The Hall–Kier alpha value is -4.52. The van der Waals surface area contributed by atoms with Gasteiger partial charge in [0.2, 0.25) is 5.88 Å². The van der Waals surface area contributed by atoms with Crippen molar-refractivity contribution in [2.75, 3.05) is 11.8 Å². The number of anilines is 1. The minimum Gasteiger partial charge on any atom is -0.480 e. The van der Waals surface area contributed by atoms with Crippen LogP contribution in [0.15, 0.2) is 72.1 Å². The third-order valence-corrected chi connectivity index (χ3v) is 6.40. The third kappa shape index (κ3) is 4.24. The van der Waals surface area contributed by atoms with E-state index in [0.717, 1.165) is 17.7 Å². The minimum atomic E-state index is -4.43. The molecule has 1 aromatic carbocycles. The quantitative estimate of drug-likeness (QED) is 0.380. The maximum Gasteiger partial charge on any atom is 0.264 e. The van der Waals surface area contributed by atoms with E-state index in [9.17, 15) is 17.2 Å². The zero-order valence-corrected chi connectivity index (χ0v) is 18.7. The molecule has 0 unspecified atom stereocenters. The van der Waals surface area contributed by atoms with E-state index in [4.69, 9.17) is 4.74 Å². The zero-order chi connectivity index (χ0) is 24.6. The molecule has 10 nitrogen and oxygen atoms in total. The number of nitrogens with zero attached hydrogens (tertiary/aromatic N) is 6. The summed E-state index contributed by atoms with van der Waals surface area (Å²) < 4.78 is 62.1. The van der Waals surface area contributed by atoms with Crippen molar-refractivity contribution in [3.05, 3.63) is 78.9 Å². The molecule has 0 fully saturated rings. The van der Waals surface area contributed by atoms with Gasteiger partial charge < -0.3 is 4.74 Å². The van der Waals surface area contributed by atoms with E-state index in [-0.39, 0.29) is 11.6 Å². The van der Waals surface area contributed by atoms with Crippen LogP contribution in [0, 0.1) is 11.6 Å². The highest BCUT2D eigenvalue weighted by molar-refractivity contribution is 7.92. The lowest BCUT2D eigenvalue weighted by atomic mass is 10.2. The average molecular weight is 495 g/mol. The van der Waals surface area contributed by atoms with E-state index in [0.29, 0.717) is 28.7 Å². The Balaban J connectivity index is 1.58. The maximum absolute atomic E-state index is 14.2. The van der Waals surface area contributed by atoms with E-state index in [2.05, 4.69) is 30.0 Å². The molecule has 0 aliphatic heterocycles. The van der Waals surface area contributed by atoms with Gasteiger partial charge in [0.15, 0.2) is 5.65 Å². The van der Waals surface area contributed by atoms with E-state index in [1.165, 1.54) is 19.4 Å². The third-order valence-electron chi connectivity index (χ3n) is 5.01. The summed E-state index contributed by atoms with van der Waals surface area (Å²) in [4.78, 5) is 7.78. The standard InChI is InChI=1S/C22H15F2N7O3S/c1-34-22-18(30-35(32,33)20-3-2-15(23)9-16(20)24)8-14(11-26-22)19-5-6-25-21-10-17(29-31(19)21)13-4-7-27-28-12-13/h2-12,30H,1H3. The van der Waals surface area contributed by atoms with Gasteiger partial charge in [0.1, 0.15) is 22.2 Å². The molecule has 0 radical (unpaired) electrons. The number of rotatable bonds is 6. The van der Waals surface area contributed by atoms with Gasteiger partial charge in [-0.1, -0.05) is 0 Å². The second-order valence-corrected chi connectivity index (χ2v) is 8.87. The van der Waals surface area contributed by atoms with Gasteiger partial charge in [-0.3, -0.25) is 4.72 Å². The highest BCUT2D eigenvalue weighted by Gasteiger charge is 2.22. The number of fused-ring (bicyclic) bond motifs is 1. The normalized spacial score (nSPS) is 11.5. The van der Waals surface area contributed by atoms with Gasteiger partial charge in [-0.05, 0) is 30.3 Å². The molecule has 35 heavy (non-hydrogen) atoms. The summed E-state index contributed by atoms with van der Waals surface area (Å²) in [6.45, 7) is 0. The van der Waals surface area contributed by atoms with Gasteiger partial charge in [-0.25, -0.2) is 31.7 Å². The molecule has 0 aliphatic carbocycles. The Morgan fingerprint density at radius 3 is 2.54 bits per heavy atom. The smallest absolute Gasteiger partial charge is 0.264 e. The molecule has 4 heterocycles. The number of halogens is 2. The van der Waals surface area contributed by atoms with Crippen molar-refractivity contribution < 1.29 is 21.9 Å². The SMILES string of the molecule is COc1ncc(-c2ccnc3cc(-c4ccnnc4)nn23)cc1NS(=O)(=O)c1ccc(F)cc1F. The van der Waals surface area contributed by atoms with Crippen molar-refractivity contribution in [1.29, 1.82) is 0 Å². The summed E-state index contributed by atoms with van der Waals surface area (Å²) in [7, 11) is -3.12. The van der Waals surface area contributed by atoms with Crippen LogP contribution in [-0.2, 0) is 10.0 Å². The lowest BCUT2D eigenvalue weighted by molar-refractivity contribution is 0.400. The van der Waals surface area contributed by atoms with Crippen LogP contribution in [0.1, 0.15) is 0 Å². The summed E-state index contributed by atoms with van der Waals surface area (Å²) in [5, 5.41) is 12.2. The van der Waals surface area contributed by atoms with Gasteiger partial charge in [-0.2, -0.15) is 15.3 Å². The molecule has 0 atom stereocenters. The highest BCUT2D eigenvalue weighted by Crippen LogP contribution is 2.31. The molecule has 13 heteroatoms. The van der Waals surface area contributed by atoms with Crippen molar-refractivity contribution in [2.24, 2.45) is 0 Å². The largest absolute Gasteiger partial charge is 0.480 e. The number of hydrogen-bond donors (Lipinski definition) is 1. The van der Waals surface area contributed by atoms with Crippen LogP contribution in [0.2, 0.25) is 0 Å². The molecule has 0 aliphatic rings. The van der Waals surface area contributed by atoms with E-state index < -0.39 is 26.6 Å². The fourth-order valence-electron chi connectivity index (χ4n) is 3.42. The molecule has 1 N–H and O–H groups in total. The van der Waals surface area contributed by atoms with E-state index in [1.54, 1.807) is 41.3 Å². The van der Waals surface area contributed by atoms with Gasteiger partial charge in [0, 0.05) is 35.7 Å². The van der Waals surface area contributed by atoms with Gasteiger partial charge >= 0.3 is 0 Å². The Bertz CT molecular complexity index is 1660. The minimum absolute atomic E-state index is 0.0471. The number of aromatic nitrogens is 6. The van der Waals surface area contributed by atoms with Crippen LogP contribution < -0.4 is 9.46 Å². The molecule has 5 rings (SSSR count). The molecule has 0 spiro atoms. The number of pyridine rings is 1. The van der Waals surface area contributed by atoms with Gasteiger partial charge in [-0.15, -0.1) is 0 Å². The van der Waals surface area contributed by atoms with Crippen molar-refractivity contribution in [2.45, 2.75) is 4.90 Å². The first-order valence-corrected chi connectivity index (χ1v) is 11.5. The topological polar surface area (TPSA) is 124 Å². The first-order valence-electron chi connectivity index (χ1n) is 10.00. The Labute approximate surface area is 197 Å². The van der Waals surface area contributed by atoms with Crippen LogP contribution in [0.3, 0.4) is 0 Å². The summed E-state index contributed by atoms with van der Waals surface area (Å²) in [5.41, 5.74) is 2.84. The summed E-state index contributed by atoms with van der Waals surface area (Å²) >= 11 is 0. The number of ether oxygens (including phenoxy) is 1. The maximum atomic E-state index is 14.2. The second kappa shape index (κ2) is 8.68. The Morgan fingerprint density at radius 2 is 1.80 bits per heavy atom. The van der Waals surface area contributed by atoms with Crippen molar-refractivity contribution >= 4 is 21.4 Å². The molecular weight excluding hydrogens is 480 g/mol. The van der Waals surface area contributed by atoms with Crippen molar-refractivity contribution in [3.63, 3.8) is 0 Å². The molecule has 0 saturated carbocycles. The predicted molar refractivity (Wildman–Crippen MR) is 121 cm³/mol. The van der Waals surface area contributed by atoms with Crippen LogP contribution >= 0.6 is 0 Å². The Kier molecular flexibility index (Phi) is 5.53. The van der Waals surface area contributed by atoms with Crippen LogP contribution in [-0.4, -0.2) is 45.3 Å². The second-order valence-electron chi connectivity index (χ2n) is 7.22. The molecule has 0 amide bonds. The van der Waals surface area contributed by atoms with Crippen molar-refractivity contribution in [1.82, 2.24) is 29.8 Å². The molecule has 176 valence electrons. The van der Waals surface area contributed by atoms with Gasteiger partial charge in [0.05, 0.1) is 30.9 Å². The van der Waals surface area contributed by atoms with Gasteiger partial charge in [0.25, 0.3) is 10.0 Å². The van der Waals surface area contributed by atoms with Crippen LogP contribution in [0.25, 0.3) is 28.2 Å². The molecule has 4 aromatic heterocycles. The number of benzene rings is 1. The fourth-order valence-corrected chi connectivity index (χ4v) is 4.53. The van der Waals surface area contributed by atoms with Crippen LogP contribution in [0.4, 0.5) is 14.5 Å². The van der Waals surface area contributed by atoms with E-state index in [1.807, 2.05) is 0 Å². The van der Waals surface area contributed by atoms with Crippen molar-refractivity contribution in [3.8, 4) is 28.4 Å². The molecule has 0 saturated heterocycles. The van der Waals surface area contributed by atoms with Crippen LogP contribution in [0.5, 0.6) is 5.88 Å². The first-order chi connectivity index (χ1) is 16.9. The number of hydrogen-bond acceptors (Lipinski definition) is 8. The summed E-state index contributed by atoms with van der Waals surface area (Å²) in [6.07, 6.45) is 6.16. The number of methoxy groups -OCH3 is 1. The molecule has 5 aromatic rings. The highest BCUT2D eigenvalue weighted by atomic mass is 32.2. The lowest BCUT2D eigenvalue weighted by Crippen LogP contribution is -2.16. The number of nitrogens with one attached hydrogen (secondary N) is 1. The lowest BCUT2D eigenvalue weighted by Gasteiger charge is -2.13. The molecule has 0 bridgehead atoms. The fraction of sp³-hybridized carbons (Fsp3) is 0.0455. The number of sulfonamides is 1. The predicted octanol–water partition coefficient (Wildman–Crippen LogP) is 3.34.